The fourth-order valence-electron chi connectivity index (χ4n) is 2.65. The zero-order chi connectivity index (χ0) is 18.1. The van der Waals surface area contributed by atoms with Gasteiger partial charge in [-0.15, -0.1) is 35.7 Å². The summed E-state index contributed by atoms with van der Waals surface area (Å²) in [5.41, 5.74) is 2.60. The summed E-state index contributed by atoms with van der Waals surface area (Å²) in [6, 6.07) is 6.58. The van der Waals surface area contributed by atoms with E-state index in [0.717, 1.165) is 44.3 Å². The van der Waals surface area contributed by atoms with Gasteiger partial charge in [0.05, 0.1) is 0 Å². The molecule has 1 aromatic carbocycles. The van der Waals surface area contributed by atoms with Crippen LogP contribution in [0.1, 0.15) is 29.8 Å². The minimum atomic E-state index is 0. The third-order valence-electron chi connectivity index (χ3n) is 4.15. The molecule has 2 aromatic rings. The second-order valence-corrected chi connectivity index (χ2v) is 6.89. The van der Waals surface area contributed by atoms with Gasteiger partial charge in [-0.2, -0.15) is 0 Å². The fourth-order valence-corrected chi connectivity index (χ4v) is 3.36. The van der Waals surface area contributed by atoms with Crippen molar-refractivity contribution in [3.8, 4) is 0 Å². The number of hydrogen-bond acceptors (Lipinski definition) is 3. The fraction of sp³-hybridized carbons (Fsp3) is 0.474. The van der Waals surface area contributed by atoms with Crippen LogP contribution < -0.4 is 10.6 Å². The van der Waals surface area contributed by atoms with E-state index in [1.807, 2.05) is 26.4 Å². The van der Waals surface area contributed by atoms with Gasteiger partial charge in [0.1, 0.15) is 5.82 Å². The number of aromatic nitrogens is 2. The van der Waals surface area contributed by atoms with Crippen molar-refractivity contribution < 1.29 is 0 Å². The standard InChI is InChI=1S/C19H29N5S.HI/c1-15-7-8-17(18(13-15)25-4)14-23-19(20-3)22-9-5-6-11-24-12-10-21-16(24)2;/h7-8,10,12-13H,5-6,9,11,14H2,1-4H3,(H2,20,22,23);1H. The molecule has 0 saturated carbocycles. The number of nitrogens with zero attached hydrogens (tertiary/aromatic N) is 3. The van der Waals surface area contributed by atoms with Crippen molar-refractivity contribution in [2.45, 2.75) is 44.7 Å². The Hall–Kier alpha value is -1.22. The number of halogens is 1. The molecule has 0 fully saturated rings. The van der Waals surface area contributed by atoms with Crippen LogP contribution in [0.15, 0.2) is 40.5 Å². The highest BCUT2D eigenvalue weighted by atomic mass is 127. The third kappa shape index (κ3) is 7.19. The molecule has 144 valence electrons. The van der Waals surface area contributed by atoms with Crippen molar-refractivity contribution in [2.75, 3.05) is 19.8 Å². The predicted octanol–water partition coefficient (Wildman–Crippen LogP) is 3.99. The molecule has 0 radical (unpaired) electrons. The molecule has 0 spiro atoms. The Morgan fingerprint density at radius 2 is 2.04 bits per heavy atom. The number of imidazole rings is 1. The normalized spacial score (nSPS) is 11.2. The maximum absolute atomic E-state index is 4.31. The van der Waals surface area contributed by atoms with Crippen LogP contribution in [0.5, 0.6) is 0 Å². The Morgan fingerprint density at radius 1 is 1.23 bits per heavy atom. The minimum absolute atomic E-state index is 0. The van der Waals surface area contributed by atoms with Crippen molar-refractivity contribution in [2.24, 2.45) is 4.99 Å². The first-order chi connectivity index (χ1) is 12.1. The van der Waals surface area contributed by atoms with Crippen molar-refractivity contribution >= 4 is 41.7 Å². The van der Waals surface area contributed by atoms with E-state index >= 15 is 0 Å². The molecule has 1 aromatic heterocycles. The second kappa shape index (κ2) is 12.2. The zero-order valence-electron chi connectivity index (χ0n) is 16.1. The summed E-state index contributed by atoms with van der Waals surface area (Å²) >= 11 is 1.79. The Balaban J connectivity index is 0.00000338. The van der Waals surface area contributed by atoms with Gasteiger partial charge in [-0.1, -0.05) is 12.1 Å². The number of hydrogen-bond donors (Lipinski definition) is 2. The first-order valence-electron chi connectivity index (χ1n) is 8.70. The van der Waals surface area contributed by atoms with Crippen LogP contribution in [0.2, 0.25) is 0 Å². The molecule has 2 N–H and O–H groups in total. The molecule has 0 atom stereocenters. The number of nitrogens with one attached hydrogen (secondary N) is 2. The molecule has 0 unspecified atom stereocenters. The maximum atomic E-state index is 4.31. The van der Waals surface area contributed by atoms with Gasteiger partial charge < -0.3 is 15.2 Å². The lowest BCUT2D eigenvalue weighted by Crippen LogP contribution is -2.37. The summed E-state index contributed by atoms with van der Waals surface area (Å²) in [4.78, 5) is 9.87. The first-order valence-corrected chi connectivity index (χ1v) is 9.92. The van der Waals surface area contributed by atoms with E-state index in [9.17, 15) is 0 Å². The van der Waals surface area contributed by atoms with Gasteiger partial charge >= 0.3 is 0 Å². The molecule has 2 rings (SSSR count). The molecule has 0 amide bonds. The summed E-state index contributed by atoms with van der Waals surface area (Å²) in [5, 5.41) is 6.79. The van der Waals surface area contributed by atoms with Gasteiger partial charge in [-0.25, -0.2) is 4.98 Å². The number of thioether (sulfide) groups is 1. The molecule has 5 nitrogen and oxygen atoms in total. The van der Waals surface area contributed by atoms with Crippen LogP contribution in [-0.4, -0.2) is 35.4 Å². The van der Waals surface area contributed by atoms with Gasteiger partial charge in [0, 0.05) is 44.0 Å². The first kappa shape index (κ1) is 22.8. The topological polar surface area (TPSA) is 54.2 Å². The van der Waals surface area contributed by atoms with E-state index in [2.05, 4.69) is 56.6 Å². The molecule has 0 aliphatic rings. The van der Waals surface area contributed by atoms with Crippen LogP contribution in [0.25, 0.3) is 0 Å². The average Bonchev–Trinajstić information content (AvgIpc) is 3.03. The molecule has 0 bridgehead atoms. The van der Waals surface area contributed by atoms with Crippen molar-refractivity contribution in [1.82, 2.24) is 20.2 Å². The van der Waals surface area contributed by atoms with E-state index in [0.29, 0.717) is 0 Å². The lowest BCUT2D eigenvalue weighted by Gasteiger charge is -2.14. The average molecular weight is 487 g/mol. The molecule has 0 aliphatic heterocycles. The van der Waals surface area contributed by atoms with E-state index in [-0.39, 0.29) is 24.0 Å². The molecule has 0 aliphatic carbocycles. The smallest absolute Gasteiger partial charge is 0.191 e. The number of rotatable bonds is 8. The highest BCUT2D eigenvalue weighted by Gasteiger charge is 2.04. The molecule has 26 heavy (non-hydrogen) atoms. The second-order valence-electron chi connectivity index (χ2n) is 6.04. The van der Waals surface area contributed by atoms with E-state index in [1.165, 1.54) is 16.0 Å². The quantitative estimate of drug-likeness (QED) is 0.195. The summed E-state index contributed by atoms with van der Waals surface area (Å²) < 4.78 is 2.19. The lowest BCUT2D eigenvalue weighted by molar-refractivity contribution is 0.588. The van der Waals surface area contributed by atoms with Gasteiger partial charge in [0.15, 0.2) is 5.96 Å². The van der Waals surface area contributed by atoms with Crippen LogP contribution in [-0.2, 0) is 13.1 Å². The number of benzene rings is 1. The largest absolute Gasteiger partial charge is 0.356 e. The highest BCUT2D eigenvalue weighted by Crippen LogP contribution is 2.21. The number of guanidine groups is 1. The van der Waals surface area contributed by atoms with Crippen LogP contribution in [0, 0.1) is 13.8 Å². The van der Waals surface area contributed by atoms with Crippen molar-refractivity contribution in [1.29, 1.82) is 0 Å². The van der Waals surface area contributed by atoms with Crippen molar-refractivity contribution in [3.05, 3.63) is 47.5 Å². The van der Waals surface area contributed by atoms with E-state index in [1.54, 1.807) is 11.8 Å². The predicted molar refractivity (Wildman–Crippen MR) is 123 cm³/mol. The maximum Gasteiger partial charge on any atom is 0.191 e. The Bertz CT molecular complexity index is 699. The molecule has 7 heteroatoms. The molecule has 0 saturated heterocycles. The summed E-state index contributed by atoms with van der Waals surface area (Å²) in [6.45, 7) is 6.88. The highest BCUT2D eigenvalue weighted by molar-refractivity contribution is 14.0. The number of unbranched alkanes of at least 4 members (excludes halogenated alkanes) is 1. The molecular weight excluding hydrogens is 457 g/mol. The number of aliphatic imine (C=N–C) groups is 1. The Labute approximate surface area is 178 Å². The molecule has 1 heterocycles. The van der Waals surface area contributed by atoms with E-state index in [4.69, 9.17) is 0 Å². The monoisotopic (exact) mass is 487 g/mol. The van der Waals surface area contributed by atoms with Gasteiger partial charge in [0.25, 0.3) is 0 Å². The van der Waals surface area contributed by atoms with E-state index < -0.39 is 0 Å². The minimum Gasteiger partial charge on any atom is -0.356 e. The Morgan fingerprint density at radius 3 is 2.69 bits per heavy atom. The summed E-state index contributed by atoms with van der Waals surface area (Å²) in [6.07, 6.45) is 8.23. The lowest BCUT2D eigenvalue weighted by atomic mass is 10.1. The van der Waals surface area contributed by atoms with Crippen LogP contribution in [0.4, 0.5) is 0 Å². The summed E-state index contributed by atoms with van der Waals surface area (Å²) in [7, 11) is 1.81. The van der Waals surface area contributed by atoms with Gasteiger partial charge in [-0.05, 0) is 50.1 Å². The SMILES string of the molecule is CN=C(NCCCCn1ccnc1C)NCc1ccc(C)cc1SC.I. The Kier molecular flexibility index (Phi) is 10.7. The number of aryl methyl sites for hydroxylation is 3. The third-order valence-corrected chi connectivity index (χ3v) is 4.97. The summed E-state index contributed by atoms with van der Waals surface area (Å²) in [5.74, 6) is 1.93. The van der Waals surface area contributed by atoms with Crippen LogP contribution in [0.3, 0.4) is 0 Å². The van der Waals surface area contributed by atoms with Crippen LogP contribution >= 0.6 is 35.7 Å². The van der Waals surface area contributed by atoms with Crippen molar-refractivity contribution in [3.63, 3.8) is 0 Å². The molecular formula is C19H30IN5S. The zero-order valence-corrected chi connectivity index (χ0v) is 19.2. The van der Waals surface area contributed by atoms with Gasteiger partial charge in [-0.3, -0.25) is 4.99 Å². The van der Waals surface area contributed by atoms with Gasteiger partial charge in [0.2, 0.25) is 0 Å².